The van der Waals surface area contributed by atoms with Crippen molar-refractivity contribution in [3.05, 3.63) is 53.7 Å². The lowest BCUT2D eigenvalue weighted by Crippen LogP contribution is -2.27. The van der Waals surface area contributed by atoms with E-state index in [0.29, 0.717) is 22.2 Å². The van der Waals surface area contributed by atoms with Gasteiger partial charge in [-0.2, -0.15) is 18.3 Å². The van der Waals surface area contributed by atoms with Gasteiger partial charge >= 0.3 is 6.18 Å². The second kappa shape index (κ2) is 7.41. The number of hydrogen-bond donors (Lipinski definition) is 2. The molecule has 4 rings (SSSR count). The summed E-state index contributed by atoms with van der Waals surface area (Å²) in [7, 11) is 1.72. The van der Waals surface area contributed by atoms with E-state index in [-0.39, 0.29) is 30.9 Å². The van der Waals surface area contributed by atoms with Crippen LogP contribution in [0.1, 0.15) is 21.9 Å². The van der Waals surface area contributed by atoms with Gasteiger partial charge in [-0.25, -0.2) is 4.98 Å². The van der Waals surface area contributed by atoms with Crippen LogP contribution in [0.15, 0.2) is 36.7 Å². The minimum Gasteiger partial charge on any atom is -0.395 e. The Morgan fingerprint density at radius 3 is 2.77 bits per heavy atom. The van der Waals surface area contributed by atoms with Crippen molar-refractivity contribution in [2.75, 3.05) is 13.2 Å². The van der Waals surface area contributed by atoms with Gasteiger partial charge in [-0.05, 0) is 24.3 Å². The predicted molar refractivity (Wildman–Crippen MR) is 102 cm³/mol. The fourth-order valence-corrected chi connectivity index (χ4v) is 3.22. The lowest BCUT2D eigenvalue weighted by molar-refractivity contribution is -0.137. The number of aromatic nitrogens is 5. The summed E-state index contributed by atoms with van der Waals surface area (Å²) < 4.78 is 42.2. The van der Waals surface area contributed by atoms with Crippen LogP contribution in [0.4, 0.5) is 13.2 Å². The van der Waals surface area contributed by atoms with Gasteiger partial charge in [0.2, 0.25) is 0 Å². The molecule has 0 aliphatic carbocycles. The Balaban J connectivity index is 1.68. The van der Waals surface area contributed by atoms with Crippen LogP contribution in [-0.4, -0.2) is 48.5 Å². The number of benzene rings is 1. The maximum atomic E-state index is 13.0. The van der Waals surface area contributed by atoms with Crippen molar-refractivity contribution >= 4 is 27.8 Å². The fourth-order valence-electron chi connectivity index (χ4n) is 3.22. The highest BCUT2D eigenvalue weighted by Gasteiger charge is 2.31. The summed E-state index contributed by atoms with van der Waals surface area (Å²) in [5.74, 6) is 0.0768. The Hall–Kier alpha value is -3.47. The smallest absolute Gasteiger partial charge is 0.395 e. The molecule has 30 heavy (non-hydrogen) atoms. The van der Waals surface area contributed by atoms with E-state index in [2.05, 4.69) is 20.4 Å². The predicted octanol–water partition coefficient (Wildman–Crippen LogP) is 2.11. The molecule has 0 bridgehead atoms. The maximum absolute atomic E-state index is 13.0. The SMILES string of the molecule is Cn1c(Cn2cc3c(C(=O)NCCO)nccc3n2)nc2cc(C(F)(F)F)ccc21. The van der Waals surface area contributed by atoms with Crippen LogP contribution in [0.5, 0.6) is 0 Å². The summed E-state index contributed by atoms with van der Waals surface area (Å²) in [5, 5.41) is 16.3. The monoisotopic (exact) mass is 418 g/mol. The third kappa shape index (κ3) is 3.59. The molecule has 156 valence electrons. The second-order valence-corrected chi connectivity index (χ2v) is 6.69. The van der Waals surface area contributed by atoms with Crippen LogP contribution in [0.3, 0.4) is 0 Å². The van der Waals surface area contributed by atoms with E-state index in [9.17, 15) is 18.0 Å². The second-order valence-electron chi connectivity index (χ2n) is 6.69. The number of imidazole rings is 1. The highest BCUT2D eigenvalue weighted by Crippen LogP contribution is 2.31. The zero-order chi connectivity index (χ0) is 21.5. The van der Waals surface area contributed by atoms with Crippen LogP contribution in [0, 0.1) is 0 Å². The van der Waals surface area contributed by atoms with Crippen LogP contribution in [0.2, 0.25) is 0 Å². The molecule has 11 heteroatoms. The lowest BCUT2D eigenvalue weighted by Gasteiger charge is -2.06. The molecule has 3 aromatic heterocycles. The molecule has 0 saturated heterocycles. The summed E-state index contributed by atoms with van der Waals surface area (Å²) in [4.78, 5) is 20.7. The largest absolute Gasteiger partial charge is 0.416 e. The number of aliphatic hydroxyl groups is 1. The zero-order valence-electron chi connectivity index (χ0n) is 15.8. The third-order valence-corrected chi connectivity index (χ3v) is 4.70. The summed E-state index contributed by atoms with van der Waals surface area (Å²) in [6.07, 6.45) is -1.34. The first-order chi connectivity index (χ1) is 14.3. The number of halogens is 3. The van der Waals surface area contributed by atoms with Crippen molar-refractivity contribution in [2.24, 2.45) is 7.05 Å². The van der Waals surface area contributed by atoms with Gasteiger partial charge in [-0.1, -0.05) is 0 Å². The van der Waals surface area contributed by atoms with Crippen molar-refractivity contribution < 1.29 is 23.1 Å². The number of hydrogen-bond acceptors (Lipinski definition) is 5. The van der Waals surface area contributed by atoms with Gasteiger partial charge in [0.25, 0.3) is 5.91 Å². The summed E-state index contributed by atoms with van der Waals surface area (Å²) >= 11 is 0. The Kier molecular flexibility index (Phi) is 4.90. The number of carbonyl (C=O) groups is 1. The summed E-state index contributed by atoms with van der Waals surface area (Å²) in [6, 6.07) is 5.09. The number of rotatable bonds is 5. The van der Waals surface area contributed by atoms with E-state index in [1.54, 1.807) is 28.6 Å². The molecular formula is C19H17F3N6O2. The topological polar surface area (TPSA) is 97.9 Å². The van der Waals surface area contributed by atoms with Gasteiger partial charge < -0.3 is 15.0 Å². The van der Waals surface area contributed by atoms with Crippen molar-refractivity contribution in [3.8, 4) is 0 Å². The summed E-state index contributed by atoms with van der Waals surface area (Å²) in [5.41, 5.74) is 0.767. The number of aryl methyl sites for hydroxylation is 1. The molecule has 2 N–H and O–H groups in total. The van der Waals surface area contributed by atoms with Crippen LogP contribution < -0.4 is 5.32 Å². The maximum Gasteiger partial charge on any atom is 0.416 e. The number of amides is 1. The van der Waals surface area contributed by atoms with Gasteiger partial charge in [-0.3, -0.25) is 14.5 Å². The van der Waals surface area contributed by atoms with E-state index in [4.69, 9.17) is 5.11 Å². The number of aliphatic hydroxyl groups excluding tert-OH is 1. The van der Waals surface area contributed by atoms with Gasteiger partial charge in [0.15, 0.2) is 0 Å². The molecule has 0 fully saturated rings. The Morgan fingerprint density at radius 1 is 1.23 bits per heavy atom. The molecule has 3 heterocycles. The van der Waals surface area contributed by atoms with Gasteiger partial charge in [0, 0.05) is 26.0 Å². The van der Waals surface area contributed by atoms with E-state index in [1.165, 1.54) is 12.3 Å². The quantitative estimate of drug-likeness (QED) is 0.517. The third-order valence-electron chi connectivity index (χ3n) is 4.70. The highest BCUT2D eigenvalue weighted by atomic mass is 19.4. The van der Waals surface area contributed by atoms with Gasteiger partial charge in [-0.15, -0.1) is 0 Å². The number of nitrogens with zero attached hydrogens (tertiary/aromatic N) is 5. The number of carbonyl (C=O) groups excluding carboxylic acids is 1. The van der Waals surface area contributed by atoms with Crippen molar-refractivity contribution in [1.29, 1.82) is 0 Å². The molecule has 0 spiro atoms. The molecule has 1 aromatic carbocycles. The van der Waals surface area contributed by atoms with Crippen LogP contribution in [0.25, 0.3) is 21.9 Å². The van der Waals surface area contributed by atoms with Crippen LogP contribution >= 0.6 is 0 Å². The van der Waals surface area contributed by atoms with Gasteiger partial charge in [0.1, 0.15) is 11.5 Å². The van der Waals surface area contributed by atoms with E-state index >= 15 is 0 Å². The highest BCUT2D eigenvalue weighted by molar-refractivity contribution is 6.04. The van der Waals surface area contributed by atoms with E-state index in [0.717, 1.165) is 12.1 Å². The number of pyridine rings is 1. The average molecular weight is 418 g/mol. The summed E-state index contributed by atoms with van der Waals surface area (Å²) in [6.45, 7) is 0.105. The van der Waals surface area contributed by atoms with E-state index in [1.807, 2.05) is 0 Å². The molecule has 4 aromatic rings. The van der Waals surface area contributed by atoms with Gasteiger partial charge in [0.05, 0.1) is 40.7 Å². The standard InChI is InChI=1S/C19H17F3N6O2/c1-27-15-3-2-11(19(20,21)22)8-14(15)25-16(27)10-28-9-12-13(26-28)4-5-23-17(12)18(30)24-6-7-29/h2-5,8-9,29H,6-7,10H2,1H3,(H,24,30). The first-order valence-electron chi connectivity index (χ1n) is 9.01. The first kappa shape index (κ1) is 19.8. The molecule has 0 aliphatic rings. The van der Waals surface area contributed by atoms with Crippen molar-refractivity contribution in [2.45, 2.75) is 12.7 Å². The molecule has 0 unspecified atom stereocenters. The van der Waals surface area contributed by atoms with Crippen LogP contribution in [-0.2, 0) is 19.8 Å². The first-order valence-corrected chi connectivity index (χ1v) is 9.01. The normalized spacial score (nSPS) is 12.0. The molecule has 0 atom stereocenters. The molecular weight excluding hydrogens is 401 g/mol. The molecule has 1 amide bonds. The van der Waals surface area contributed by atoms with Crippen molar-refractivity contribution in [1.82, 2.24) is 29.6 Å². The molecule has 0 radical (unpaired) electrons. The fraction of sp³-hybridized carbons (Fsp3) is 0.263. The Labute approximate surface area is 168 Å². The van der Waals surface area contributed by atoms with Crippen molar-refractivity contribution in [3.63, 3.8) is 0 Å². The minimum atomic E-state index is -4.44. The molecule has 0 saturated carbocycles. The lowest BCUT2D eigenvalue weighted by atomic mass is 10.2. The number of fused-ring (bicyclic) bond motifs is 2. The number of alkyl halides is 3. The number of nitrogens with one attached hydrogen (secondary N) is 1. The Bertz CT molecular complexity index is 1240. The Morgan fingerprint density at radius 2 is 2.03 bits per heavy atom. The van der Waals surface area contributed by atoms with E-state index < -0.39 is 17.6 Å². The minimum absolute atomic E-state index is 0.102. The average Bonchev–Trinajstić information content (AvgIpc) is 3.25. The zero-order valence-corrected chi connectivity index (χ0v) is 15.8. The molecule has 0 aliphatic heterocycles. The molecule has 8 nitrogen and oxygen atoms in total.